The van der Waals surface area contributed by atoms with Gasteiger partial charge in [0.1, 0.15) is 11.7 Å². The van der Waals surface area contributed by atoms with Crippen molar-refractivity contribution in [3.63, 3.8) is 0 Å². The van der Waals surface area contributed by atoms with Crippen LogP contribution in [0.15, 0.2) is 59.9 Å². The molecule has 0 fully saturated rings. The number of nitrogens with one attached hydrogen (secondary N) is 1. The van der Waals surface area contributed by atoms with Crippen LogP contribution in [-0.4, -0.2) is 55.5 Å². The van der Waals surface area contributed by atoms with Crippen molar-refractivity contribution in [1.29, 1.82) is 5.26 Å². The fourth-order valence-corrected chi connectivity index (χ4v) is 4.60. The standard InChI is InChI=1S/C12H15ClN4O2.C7H3ClN4.C6H3BrClN3/c1-12(2,3)19-11(18)15-7-8-6-9(13)16-17-5-4-14-10(8)17;8-6-3-5(4-9)7-10-1-2-12(7)11-6;7-4-3-5(8)10-11-2-1-9-6(4)11/h4-6H,7H2,1-3H3,(H,15,18);1-3H;1-3H. The second-order valence-corrected chi connectivity index (χ2v) is 11.3. The number of imidazole rings is 3. The maximum absolute atomic E-state index is 11.6. The first kappa shape index (κ1) is 30.9. The molecule has 6 aromatic heterocycles. The summed E-state index contributed by atoms with van der Waals surface area (Å²) in [6.45, 7) is 5.70. The number of carbonyl (C=O) groups excluding carboxylic acids is 1. The first-order chi connectivity index (χ1) is 19.9. The van der Waals surface area contributed by atoms with Crippen molar-refractivity contribution in [1.82, 2.24) is 49.1 Å². The van der Waals surface area contributed by atoms with Gasteiger partial charge in [0.2, 0.25) is 0 Å². The molecule has 0 radical (unpaired) electrons. The maximum atomic E-state index is 11.6. The van der Waals surface area contributed by atoms with Crippen LogP contribution in [0, 0.1) is 11.3 Å². The van der Waals surface area contributed by atoms with Crippen molar-refractivity contribution < 1.29 is 9.53 Å². The highest BCUT2D eigenvalue weighted by atomic mass is 79.9. The molecular formula is C25H21BrCl3N11O2. The van der Waals surface area contributed by atoms with Crippen molar-refractivity contribution in [2.75, 3.05) is 0 Å². The number of amides is 1. The zero-order valence-corrected chi connectivity index (χ0v) is 26.1. The first-order valence-corrected chi connectivity index (χ1v) is 13.9. The molecule has 0 saturated carbocycles. The second kappa shape index (κ2) is 13.3. The van der Waals surface area contributed by atoms with E-state index >= 15 is 0 Å². The first-order valence-electron chi connectivity index (χ1n) is 11.9. The summed E-state index contributed by atoms with van der Waals surface area (Å²) in [6.07, 6.45) is 9.45. The number of nitriles is 1. The van der Waals surface area contributed by atoms with Crippen LogP contribution in [0.1, 0.15) is 31.9 Å². The molecule has 0 bridgehead atoms. The van der Waals surface area contributed by atoms with Crippen LogP contribution < -0.4 is 5.32 Å². The molecule has 216 valence electrons. The van der Waals surface area contributed by atoms with Crippen molar-refractivity contribution in [2.45, 2.75) is 32.9 Å². The van der Waals surface area contributed by atoms with E-state index in [-0.39, 0.29) is 11.7 Å². The molecule has 1 amide bonds. The van der Waals surface area contributed by atoms with Crippen LogP contribution in [-0.2, 0) is 11.3 Å². The Morgan fingerprint density at radius 2 is 1.38 bits per heavy atom. The normalized spacial score (nSPS) is 10.9. The SMILES string of the molecule is CC(C)(C)OC(=O)NCc1cc(Cl)nn2ccnc12.Clc1cc(Br)c2nccn2n1.N#Cc1cc(Cl)nn2ccnc12. The van der Waals surface area contributed by atoms with E-state index in [0.717, 1.165) is 15.7 Å². The third-order valence-corrected chi connectivity index (χ3v) is 6.10. The topological polar surface area (TPSA) is 153 Å². The number of halogens is 4. The molecular weight excluding hydrogens is 673 g/mol. The molecule has 13 nitrogen and oxygen atoms in total. The number of ether oxygens (including phenoxy) is 1. The number of carbonyl (C=O) groups is 1. The van der Waals surface area contributed by atoms with Crippen LogP contribution in [0.5, 0.6) is 0 Å². The number of nitrogens with zero attached hydrogens (tertiary/aromatic N) is 10. The van der Waals surface area contributed by atoms with Gasteiger partial charge < -0.3 is 10.1 Å². The average Bonchev–Trinajstić information content (AvgIpc) is 3.67. The highest BCUT2D eigenvalue weighted by Gasteiger charge is 2.16. The van der Waals surface area contributed by atoms with Crippen molar-refractivity contribution in [3.05, 3.63) is 86.4 Å². The van der Waals surface area contributed by atoms with Gasteiger partial charge in [0.15, 0.2) is 32.4 Å². The lowest BCUT2D eigenvalue weighted by molar-refractivity contribution is 0.0523. The van der Waals surface area contributed by atoms with Gasteiger partial charge in [-0.05, 0) is 54.9 Å². The second-order valence-electron chi connectivity index (χ2n) is 9.24. The Bertz CT molecular complexity index is 1910. The Morgan fingerprint density at radius 3 is 1.98 bits per heavy atom. The van der Waals surface area contributed by atoms with Gasteiger partial charge in [-0.3, -0.25) is 0 Å². The van der Waals surface area contributed by atoms with Crippen molar-refractivity contribution in [2.24, 2.45) is 0 Å². The summed E-state index contributed by atoms with van der Waals surface area (Å²) in [7, 11) is 0. The molecule has 0 aliphatic rings. The molecule has 0 aliphatic heterocycles. The molecule has 0 saturated heterocycles. The van der Waals surface area contributed by atoms with E-state index < -0.39 is 11.7 Å². The van der Waals surface area contributed by atoms with E-state index in [1.807, 2.05) is 26.8 Å². The number of rotatable bonds is 2. The summed E-state index contributed by atoms with van der Waals surface area (Å²) < 4.78 is 10.7. The van der Waals surface area contributed by atoms with Gasteiger partial charge in [-0.2, -0.15) is 20.6 Å². The Hall–Kier alpha value is -4.03. The number of aromatic nitrogens is 9. The smallest absolute Gasteiger partial charge is 0.407 e. The third-order valence-electron chi connectivity index (χ3n) is 4.96. The highest BCUT2D eigenvalue weighted by Crippen LogP contribution is 2.18. The fraction of sp³-hybridized carbons (Fsp3) is 0.200. The maximum Gasteiger partial charge on any atom is 0.407 e. The monoisotopic (exact) mass is 691 g/mol. The van der Waals surface area contributed by atoms with Crippen LogP contribution in [0.2, 0.25) is 15.5 Å². The Balaban J connectivity index is 0.000000152. The van der Waals surface area contributed by atoms with Gasteiger partial charge in [-0.25, -0.2) is 33.3 Å². The van der Waals surface area contributed by atoms with Gasteiger partial charge in [0.05, 0.1) is 10.0 Å². The molecule has 0 aromatic carbocycles. The van der Waals surface area contributed by atoms with Crippen LogP contribution in [0.4, 0.5) is 4.79 Å². The van der Waals surface area contributed by atoms with Gasteiger partial charge in [-0.1, -0.05) is 34.8 Å². The molecule has 6 aromatic rings. The molecule has 17 heteroatoms. The lowest BCUT2D eigenvalue weighted by Crippen LogP contribution is -2.32. The predicted molar refractivity (Wildman–Crippen MR) is 159 cm³/mol. The number of alkyl carbamates (subject to hydrolysis) is 1. The van der Waals surface area contributed by atoms with E-state index in [2.05, 4.69) is 51.5 Å². The lowest BCUT2D eigenvalue weighted by atomic mass is 10.2. The molecule has 1 N–H and O–H groups in total. The molecule has 0 atom stereocenters. The van der Waals surface area contributed by atoms with E-state index in [1.54, 1.807) is 58.3 Å². The quantitative estimate of drug-likeness (QED) is 0.237. The minimum atomic E-state index is -0.525. The van der Waals surface area contributed by atoms with Crippen molar-refractivity contribution >= 4 is 73.8 Å². The molecule has 0 spiro atoms. The minimum absolute atomic E-state index is 0.275. The number of hydrogen-bond acceptors (Lipinski definition) is 9. The lowest BCUT2D eigenvalue weighted by Gasteiger charge is -2.19. The highest BCUT2D eigenvalue weighted by molar-refractivity contribution is 9.10. The summed E-state index contributed by atoms with van der Waals surface area (Å²) >= 11 is 20.6. The Morgan fingerprint density at radius 1 is 0.881 bits per heavy atom. The molecule has 0 unspecified atom stereocenters. The summed E-state index contributed by atoms with van der Waals surface area (Å²) in [5.74, 6) is 0. The summed E-state index contributed by atoms with van der Waals surface area (Å²) in [4.78, 5) is 23.7. The molecule has 6 heterocycles. The molecule has 0 aliphatic carbocycles. The third kappa shape index (κ3) is 8.04. The van der Waals surface area contributed by atoms with E-state index in [0.29, 0.717) is 27.2 Å². The summed E-state index contributed by atoms with van der Waals surface area (Å²) in [6, 6.07) is 6.86. The zero-order chi connectivity index (χ0) is 30.4. The van der Waals surface area contributed by atoms with Gasteiger partial charge in [-0.15, -0.1) is 0 Å². The van der Waals surface area contributed by atoms with E-state index in [1.165, 1.54) is 10.6 Å². The Kier molecular flexibility index (Phi) is 9.79. The minimum Gasteiger partial charge on any atom is -0.444 e. The predicted octanol–water partition coefficient (Wildman–Crippen LogP) is 5.81. The van der Waals surface area contributed by atoms with Crippen LogP contribution >= 0.6 is 50.7 Å². The van der Waals surface area contributed by atoms with E-state index in [4.69, 9.17) is 44.8 Å². The van der Waals surface area contributed by atoms with E-state index in [9.17, 15) is 4.79 Å². The average molecular weight is 694 g/mol. The summed E-state index contributed by atoms with van der Waals surface area (Å²) in [5, 5.41) is 24.4. The summed E-state index contributed by atoms with van der Waals surface area (Å²) in [5.41, 5.74) is 2.63. The molecule has 42 heavy (non-hydrogen) atoms. The van der Waals surface area contributed by atoms with Gasteiger partial charge in [0, 0.05) is 49.3 Å². The van der Waals surface area contributed by atoms with Gasteiger partial charge >= 0.3 is 6.09 Å². The number of fused-ring (bicyclic) bond motifs is 3. The zero-order valence-electron chi connectivity index (χ0n) is 22.2. The van der Waals surface area contributed by atoms with Crippen LogP contribution in [0.3, 0.4) is 0 Å². The Labute approximate surface area is 262 Å². The molecule has 6 rings (SSSR count). The van der Waals surface area contributed by atoms with Gasteiger partial charge in [0.25, 0.3) is 0 Å². The van der Waals surface area contributed by atoms with Crippen molar-refractivity contribution in [3.8, 4) is 6.07 Å². The largest absolute Gasteiger partial charge is 0.444 e. The van der Waals surface area contributed by atoms with Crippen LogP contribution in [0.25, 0.3) is 16.9 Å². The number of hydrogen-bond donors (Lipinski definition) is 1. The fourth-order valence-electron chi connectivity index (χ4n) is 3.38.